The molecule has 2 rings (SSSR count). The number of aliphatic hydroxyl groups excluding tert-OH is 1. The number of hydrogen-bond acceptors (Lipinski definition) is 4. The molecule has 0 aromatic carbocycles. The molecule has 1 N–H and O–H groups in total. The lowest BCUT2D eigenvalue weighted by molar-refractivity contribution is -0.00344. The van der Waals surface area contributed by atoms with E-state index in [1.54, 1.807) is 0 Å². The number of aromatic nitrogens is 1. The van der Waals surface area contributed by atoms with Crippen LogP contribution in [-0.2, 0) is 6.61 Å². The number of rotatable bonds is 1. The van der Waals surface area contributed by atoms with Crippen molar-refractivity contribution in [3.8, 4) is 11.5 Å². The first-order chi connectivity index (χ1) is 6.29. The Morgan fingerprint density at radius 3 is 3.23 bits per heavy atom. The molecule has 0 unspecified atom stereocenters. The molecule has 0 saturated heterocycles. The third kappa shape index (κ3) is 1.55. The number of alkyl halides is 1. The Balaban J connectivity index is 2.32. The Kier molecular flexibility index (Phi) is 2.02. The van der Waals surface area contributed by atoms with Gasteiger partial charge in [0.05, 0.1) is 18.5 Å². The molecule has 0 saturated carbocycles. The topological polar surface area (TPSA) is 51.6 Å². The highest BCUT2D eigenvalue weighted by atomic mass is 19.1. The molecule has 1 atom stereocenters. The molecule has 1 aliphatic heterocycles. The normalized spacial score (nSPS) is 20.0. The van der Waals surface area contributed by atoms with Crippen LogP contribution < -0.4 is 9.47 Å². The summed E-state index contributed by atoms with van der Waals surface area (Å²) in [4.78, 5) is 3.86. The number of aliphatic hydroxyl groups is 1. The first kappa shape index (κ1) is 8.25. The molecule has 0 bridgehead atoms. The lowest BCUT2D eigenvalue weighted by Gasteiger charge is -2.21. The number of hydrogen-bond donors (Lipinski definition) is 1. The summed E-state index contributed by atoms with van der Waals surface area (Å²) in [6.07, 6.45) is -0.0336. The second-order valence-corrected chi connectivity index (χ2v) is 2.62. The predicted molar refractivity (Wildman–Crippen MR) is 41.2 cm³/mol. The molecule has 1 aromatic rings. The van der Waals surface area contributed by atoms with E-state index in [1.807, 2.05) is 0 Å². The molecule has 4 nitrogen and oxygen atoms in total. The van der Waals surface area contributed by atoms with Gasteiger partial charge in [-0.1, -0.05) is 0 Å². The van der Waals surface area contributed by atoms with Gasteiger partial charge in [-0.2, -0.15) is 4.39 Å². The molecule has 2 heterocycles. The maximum Gasteiger partial charge on any atom is 0.272 e. The summed E-state index contributed by atoms with van der Waals surface area (Å²) in [5.41, 5.74) is 0.427. The van der Waals surface area contributed by atoms with Gasteiger partial charge >= 0.3 is 0 Å². The van der Waals surface area contributed by atoms with Crippen molar-refractivity contribution in [1.82, 2.24) is 4.98 Å². The molecular formula is C8H8FNO3. The van der Waals surface area contributed by atoms with Crippen LogP contribution in [0.3, 0.4) is 0 Å². The number of ether oxygens (including phenoxy) is 2. The van der Waals surface area contributed by atoms with Crippen LogP contribution in [0.2, 0.25) is 0 Å². The van der Waals surface area contributed by atoms with Gasteiger partial charge in [0.25, 0.3) is 6.36 Å². The van der Waals surface area contributed by atoms with Crippen molar-refractivity contribution in [2.24, 2.45) is 0 Å². The van der Waals surface area contributed by atoms with Crippen LogP contribution in [0, 0.1) is 0 Å². The second-order valence-electron chi connectivity index (χ2n) is 2.62. The summed E-state index contributed by atoms with van der Waals surface area (Å²) in [6.45, 7) is -0.319. The smallest absolute Gasteiger partial charge is 0.272 e. The third-order valence-electron chi connectivity index (χ3n) is 1.67. The van der Waals surface area contributed by atoms with Crippen molar-refractivity contribution in [2.75, 3.05) is 6.61 Å². The van der Waals surface area contributed by atoms with Crippen molar-refractivity contribution in [2.45, 2.75) is 13.0 Å². The highest BCUT2D eigenvalue weighted by Crippen LogP contribution is 2.31. The van der Waals surface area contributed by atoms with Crippen LogP contribution in [0.4, 0.5) is 4.39 Å². The molecule has 0 radical (unpaired) electrons. The third-order valence-corrected chi connectivity index (χ3v) is 1.67. The quantitative estimate of drug-likeness (QED) is 0.697. The molecule has 0 aliphatic carbocycles. The van der Waals surface area contributed by atoms with Gasteiger partial charge in [-0.25, -0.2) is 0 Å². The average molecular weight is 185 g/mol. The molecule has 1 aliphatic rings. The minimum absolute atomic E-state index is 0.118. The van der Waals surface area contributed by atoms with E-state index in [0.717, 1.165) is 0 Å². The zero-order chi connectivity index (χ0) is 9.26. The molecule has 13 heavy (non-hydrogen) atoms. The summed E-state index contributed by atoms with van der Waals surface area (Å²) in [7, 11) is 0. The van der Waals surface area contributed by atoms with E-state index in [4.69, 9.17) is 14.6 Å². The Morgan fingerprint density at radius 1 is 1.62 bits per heavy atom. The maximum absolute atomic E-state index is 12.7. The summed E-state index contributed by atoms with van der Waals surface area (Å²) in [5, 5.41) is 8.75. The van der Waals surface area contributed by atoms with E-state index in [1.165, 1.54) is 12.3 Å². The van der Waals surface area contributed by atoms with Crippen molar-refractivity contribution in [3.05, 3.63) is 18.0 Å². The fourth-order valence-corrected chi connectivity index (χ4v) is 1.08. The van der Waals surface area contributed by atoms with Crippen LogP contribution in [0.1, 0.15) is 5.69 Å². The number of halogens is 1. The van der Waals surface area contributed by atoms with E-state index in [2.05, 4.69) is 4.98 Å². The minimum Gasteiger partial charge on any atom is -0.481 e. The van der Waals surface area contributed by atoms with Crippen LogP contribution in [0.25, 0.3) is 0 Å². The lowest BCUT2D eigenvalue weighted by atomic mass is 10.3. The van der Waals surface area contributed by atoms with Crippen molar-refractivity contribution in [3.63, 3.8) is 0 Å². The summed E-state index contributed by atoms with van der Waals surface area (Å²) in [6, 6.07) is 1.46. The summed E-state index contributed by atoms with van der Waals surface area (Å²) >= 11 is 0. The predicted octanol–water partition coefficient (Wildman–Crippen LogP) is 0.641. The molecule has 0 fully saturated rings. The van der Waals surface area contributed by atoms with Gasteiger partial charge in [0.15, 0.2) is 18.1 Å². The number of fused-ring (bicyclic) bond motifs is 1. The van der Waals surface area contributed by atoms with E-state index < -0.39 is 6.36 Å². The first-order valence-electron chi connectivity index (χ1n) is 3.83. The first-order valence-corrected chi connectivity index (χ1v) is 3.83. The van der Waals surface area contributed by atoms with Crippen LogP contribution >= 0.6 is 0 Å². The molecule has 70 valence electrons. The summed E-state index contributed by atoms with van der Waals surface area (Å²) < 4.78 is 22.5. The molecular weight excluding hydrogens is 177 g/mol. The Labute approximate surface area is 73.9 Å². The lowest BCUT2D eigenvalue weighted by Crippen LogP contribution is -2.24. The van der Waals surface area contributed by atoms with E-state index in [9.17, 15) is 4.39 Å². The Morgan fingerprint density at radius 2 is 2.46 bits per heavy atom. The maximum atomic E-state index is 12.7. The fraction of sp³-hybridized carbons (Fsp3) is 0.375. The van der Waals surface area contributed by atoms with Gasteiger partial charge in [0.2, 0.25) is 0 Å². The van der Waals surface area contributed by atoms with Gasteiger partial charge in [-0.15, -0.1) is 0 Å². The second kappa shape index (κ2) is 3.18. The van der Waals surface area contributed by atoms with Crippen LogP contribution in [-0.4, -0.2) is 23.1 Å². The number of pyridine rings is 1. The van der Waals surface area contributed by atoms with Crippen LogP contribution in [0.15, 0.2) is 12.3 Å². The minimum atomic E-state index is -1.44. The van der Waals surface area contributed by atoms with Crippen LogP contribution in [0.5, 0.6) is 11.5 Å². The van der Waals surface area contributed by atoms with Gasteiger partial charge in [-0.05, 0) is 0 Å². The molecule has 1 aromatic heterocycles. The zero-order valence-electron chi connectivity index (χ0n) is 6.74. The molecule has 0 amide bonds. The van der Waals surface area contributed by atoms with Crippen molar-refractivity contribution < 1.29 is 19.0 Å². The van der Waals surface area contributed by atoms with Gasteiger partial charge in [-0.3, -0.25) is 4.98 Å². The molecule has 5 heteroatoms. The Hall–Kier alpha value is -1.36. The zero-order valence-corrected chi connectivity index (χ0v) is 6.74. The van der Waals surface area contributed by atoms with Gasteiger partial charge in [0, 0.05) is 6.07 Å². The van der Waals surface area contributed by atoms with E-state index >= 15 is 0 Å². The monoisotopic (exact) mass is 185 g/mol. The Bertz CT molecular complexity index is 318. The van der Waals surface area contributed by atoms with Gasteiger partial charge < -0.3 is 14.6 Å². The van der Waals surface area contributed by atoms with E-state index in [0.29, 0.717) is 11.4 Å². The van der Waals surface area contributed by atoms with Crippen molar-refractivity contribution >= 4 is 0 Å². The standard InChI is InChI=1S/C8H8FNO3/c9-8-4-12-7-2-10-5(3-11)1-6(7)13-8/h1-2,8,11H,3-4H2/t8-/m1/s1. The highest BCUT2D eigenvalue weighted by Gasteiger charge is 2.20. The van der Waals surface area contributed by atoms with Crippen molar-refractivity contribution in [1.29, 1.82) is 0 Å². The highest BCUT2D eigenvalue weighted by molar-refractivity contribution is 5.39. The summed E-state index contributed by atoms with van der Waals surface area (Å²) in [5.74, 6) is 0.698. The largest absolute Gasteiger partial charge is 0.481 e. The van der Waals surface area contributed by atoms with E-state index in [-0.39, 0.29) is 19.0 Å². The average Bonchev–Trinajstić information content (AvgIpc) is 2.16. The van der Waals surface area contributed by atoms with Gasteiger partial charge in [0.1, 0.15) is 0 Å². The number of nitrogens with zero attached hydrogens (tertiary/aromatic N) is 1. The fourth-order valence-electron chi connectivity index (χ4n) is 1.08. The SMILES string of the molecule is OCc1cc2c(cn1)OC[C@H](F)O2. The molecule has 0 spiro atoms.